The van der Waals surface area contributed by atoms with E-state index in [1.807, 2.05) is 38.1 Å². The van der Waals surface area contributed by atoms with Crippen molar-refractivity contribution in [1.29, 1.82) is 5.26 Å². The van der Waals surface area contributed by atoms with Gasteiger partial charge in [0.25, 0.3) is 0 Å². The molecule has 0 N–H and O–H groups in total. The van der Waals surface area contributed by atoms with E-state index in [1.165, 1.54) is 7.11 Å². The summed E-state index contributed by atoms with van der Waals surface area (Å²) in [5.74, 6) is 0.341. The van der Waals surface area contributed by atoms with E-state index in [-0.39, 0.29) is 18.0 Å². The lowest BCUT2D eigenvalue weighted by Gasteiger charge is -2.43. The molecule has 2 aromatic rings. The molecule has 0 saturated carbocycles. The Morgan fingerprint density at radius 3 is 2.82 bits per heavy atom. The number of pyridine rings is 1. The van der Waals surface area contributed by atoms with Gasteiger partial charge < -0.3 is 18.9 Å². The minimum atomic E-state index is -0.839. The Morgan fingerprint density at radius 2 is 2.09 bits per heavy atom. The number of methoxy groups -OCH3 is 1. The topological polar surface area (TPSA) is 90.7 Å². The van der Waals surface area contributed by atoms with Crippen LogP contribution < -0.4 is 4.74 Å². The van der Waals surface area contributed by atoms with Gasteiger partial charge in [0.05, 0.1) is 25.4 Å². The quantitative estimate of drug-likeness (QED) is 0.402. The van der Waals surface area contributed by atoms with Gasteiger partial charge in [-0.1, -0.05) is 30.4 Å². The number of aromatic nitrogens is 1. The summed E-state index contributed by atoms with van der Waals surface area (Å²) in [7, 11) is 1.39. The van der Waals surface area contributed by atoms with Gasteiger partial charge in [0, 0.05) is 24.7 Å². The smallest absolute Gasteiger partial charge is 0.305 e. The van der Waals surface area contributed by atoms with Crippen LogP contribution >= 0.6 is 0 Å². The second-order valence-corrected chi connectivity index (χ2v) is 8.40. The summed E-state index contributed by atoms with van der Waals surface area (Å²) in [6.45, 7) is 4.25. The summed E-state index contributed by atoms with van der Waals surface area (Å²) in [4.78, 5) is 15.5. The Kier molecular flexibility index (Phi) is 8.58. The van der Waals surface area contributed by atoms with Crippen molar-refractivity contribution in [3.63, 3.8) is 0 Å². The van der Waals surface area contributed by atoms with Gasteiger partial charge in [-0.2, -0.15) is 5.26 Å². The number of hydrogen-bond donors (Lipinski definition) is 0. The number of allylic oxidation sites excluding steroid dienone is 2. The third kappa shape index (κ3) is 6.64. The molecule has 0 amide bonds. The van der Waals surface area contributed by atoms with E-state index >= 15 is 0 Å². The summed E-state index contributed by atoms with van der Waals surface area (Å²) in [6, 6.07) is 13.1. The van der Waals surface area contributed by atoms with Gasteiger partial charge in [-0.3, -0.25) is 9.78 Å². The fourth-order valence-electron chi connectivity index (χ4n) is 3.70. The molecule has 0 radical (unpaired) electrons. The maximum atomic E-state index is 11.3. The molecule has 0 aliphatic carbocycles. The van der Waals surface area contributed by atoms with Crippen molar-refractivity contribution in [2.75, 3.05) is 13.7 Å². The van der Waals surface area contributed by atoms with Crippen LogP contribution in [0.5, 0.6) is 5.75 Å². The molecule has 7 heteroatoms. The molecule has 1 aromatic heterocycles. The van der Waals surface area contributed by atoms with Gasteiger partial charge in [-0.05, 0) is 50.5 Å². The standard InChI is InChI=1S/C26H30N2O5/c1-26(2,33-22-13-8-7-10-19(22)16-27)25-31-18-21(11-5-4-6-14-23(29)30-3)24(32-25)20-12-9-15-28-17-20/h4-5,7-10,12-13,15,17,21,24-25H,6,11,14,18H2,1-3H3/b5-4-/t21-,24-,25+/m1/s1. The van der Waals surface area contributed by atoms with Crippen LogP contribution in [0.2, 0.25) is 0 Å². The Hall–Kier alpha value is -3.21. The highest BCUT2D eigenvalue weighted by molar-refractivity contribution is 5.69. The van der Waals surface area contributed by atoms with Crippen molar-refractivity contribution in [3.8, 4) is 11.8 Å². The average molecular weight is 451 g/mol. The zero-order valence-electron chi connectivity index (χ0n) is 19.3. The van der Waals surface area contributed by atoms with Gasteiger partial charge >= 0.3 is 5.97 Å². The molecule has 33 heavy (non-hydrogen) atoms. The van der Waals surface area contributed by atoms with Crippen molar-refractivity contribution in [2.24, 2.45) is 5.92 Å². The number of benzene rings is 1. The lowest BCUT2D eigenvalue weighted by atomic mass is 9.92. The molecular weight excluding hydrogens is 420 g/mol. The van der Waals surface area contributed by atoms with E-state index in [2.05, 4.69) is 21.9 Å². The first-order valence-corrected chi connectivity index (χ1v) is 11.0. The molecule has 3 atom stereocenters. The monoisotopic (exact) mass is 450 g/mol. The maximum Gasteiger partial charge on any atom is 0.305 e. The molecule has 2 heterocycles. The molecule has 1 fully saturated rings. The van der Waals surface area contributed by atoms with Crippen LogP contribution in [0.4, 0.5) is 0 Å². The first kappa shape index (κ1) is 24.4. The number of carbonyl (C=O) groups is 1. The Morgan fingerprint density at radius 1 is 1.27 bits per heavy atom. The lowest BCUT2D eigenvalue weighted by Crippen LogP contribution is -2.50. The minimum absolute atomic E-state index is 0.0713. The number of carbonyl (C=O) groups excluding carboxylic acids is 1. The fraction of sp³-hybridized carbons (Fsp3) is 0.423. The van der Waals surface area contributed by atoms with E-state index in [0.29, 0.717) is 30.8 Å². The van der Waals surface area contributed by atoms with Crippen LogP contribution in [0.1, 0.15) is 50.3 Å². The highest BCUT2D eigenvalue weighted by Crippen LogP contribution is 2.38. The normalized spacial score (nSPS) is 20.8. The van der Waals surface area contributed by atoms with E-state index in [0.717, 1.165) is 12.0 Å². The summed E-state index contributed by atoms with van der Waals surface area (Å²) < 4.78 is 23.4. The van der Waals surface area contributed by atoms with Crippen LogP contribution in [-0.2, 0) is 19.0 Å². The van der Waals surface area contributed by atoms with Crippen LogP contribution in [-0.4, -0.2) is 36.6 Å². The van der Waals surface area contributed by atoms with Crippen molar-refractivity contribution < 1.29 is 23.7 Å². The molecule has 3 rings (SSSR count). The number of hydrogen-bond acceptors (Lipinski definition) is 7. The fourth-order valence-corrected chi connectivity index (χ4v) is 3.70. The minimum Gasteiger partial charge on any atom is -0.481 e. The van der Waals surface area contributed by atoms with Gasteiger partial charge in [-0.15, -0.1) is 0 Å². The zero-order chi connectivity index (χ0) is 23.7. The van der Waals surface area contributed by atoms with Gasteiger partial charge in [-0.25, -0.2) is 0 Å². The van der Waals surface area contributed by atoms with E-state index in [4.69, 9.17) is 14.2 Å². The second kappa shape index (κ2) is 11.6. The predicted octanol–water partition coefficient (Wildman–Crippen LogP) is 4.74. The number of para-hydroxylation sites is 1. The molecule has 0 spiro atoms. The van der Waals surface area contributed by atoms with Crippen LogP contribution in [0.15, 0.2) is 60.9 Å². The lowest BCUT2D eigenvalue weighted by molar-refractivity contribution is -0.288. The molecule has 1 saturated heterocycles. The molecule has 7 nitrogen and oxygen atoms in total. The SMILES string of the molecule is COC(=O)CC/C=C\C[C@@H]1CO[C@H](C(C)(C)Oc2ccccc2C#N)O[C@@H]1c1cccnc1. The third-order valence-corrected chi connectivity index (χ3v) is 5.47. The van der Waals surface area contributed by atoms with Gasteiger partial charge in [0.1, 0.15) is 11.8 Å². The molecule has 0 bridgehead atoms. The summed E-state index contributed by atoms with van der Waals surface area (Å²) in [5.41, 5.74) is 0.585. The molecular formula is C26H30N2O5. The first-order chi connectivity index (χ1) is 15.9. The highest BCUT2D eigenvalue weighted by Gasteiger charge is 2.42. The van der Waals surface area contributed by atoms with Crippen LogP contribution in [0.3, 0.4) is 0 Å². The zero-order valence-corrected chi connectivity index (χ0v) is 19.3. The van der Waals surface area contributed by atoms with Crippen molar-refractivity contribution in [2.45, 2.75) is 51.1 Å². The molecule has 1 aliphatic rings. The van der Waals surface area contributed by atoms with Crippen molar-refractivity contribution in [3.05, 3.63) is 72.1 Å². The molecule has 1 aromatic carbocycles. The largest absolute Gasteiger partial charge is 0.481 e. The van der Waals surface area contributed by atoms with E-state index in [1.54, 1.807) is 30.6 Å². The molecule has 1 aliphatic heterocycles. The van der Waals surface area contributed by atoms with Gasteiger partial charge in [0.15, 0.2) is 11.9 Å². The Balaban J connectivity index is 1.71. The number of esters is 1. The highest BCUT2D eigenvalue weighted by atomic mass is 16.7. The summed E-state index contributed by atoms with van der Waals surface area (Å²) in [5, 5.41) is 9.38. The third-order valence-electron chi connectivity index (χ3n) is 5.47. The summed E-state index contributed by atoms with van der Waals surface area (Å²) >= 11 is 0. The number of nitrogens with zero attached hydrogens (tertiary/aromatic N) is 2. The first-order valence-electron chi connectivity index (χ1n) is 11.0. The second-order valence-electron chi connectivity index (χ2n) is 8.40. The van der Waals surface area contributed by atoms with Gasteiger partial charge in [0.2, 0.25) is 0 Å². The van der Waals surface area contributed by atoms with Crippen LogP contribution in [0, 0.1) is 17.2 Å². The molecule has 174 valence electrons. The maximum absolute atomic E-state index is 11.3. The van der Waals surface area contributed by atoms with E-state index < -0.39 is 11.9 Å². The predicted molar refractivity (Wildman–Crippen MR) is 122 cm³/mol. The van der Waals surface area contributed by atoms with Crippen molar-refractivity contribution >= 4 is 5.97 Å². The number of ether oxygens (including phenoxy) is 4. The van der Waals surface area contributed by atoms with E-state index in [9.17, 15) is 10.1 Å². The number of nitriles is 1. The summed E-state index contributed by atoms with van der Waals surface area (Å²) in [6.07, 6.45) is 8.39. The average Bonchev–Trinajstić information content (AvgIpc) is 2.84. The number of rotatable bonds is 9. The van der Waals surface area contributed by atoms with Crippen molar-refractivity contribution in [1.82, 2.24) is 4.98 Å². The Bertz CT molecular complexity index is 984. The Labute approximate surface area is 194 Å². The molecule has 0 unspecified atom stereocenters. The van der Waals surface area contributed by atoms with Crippen LogP contribution in [0.25, 0.3) is 0 Å².